The van der Waals surface area contributed by atoms with E-state index in [1.54, 1.807) is 33.8 Å². The third kappa shape index (κ3) is 6.46. The highest BCUT2D eigenvalue weighted by atomic mass is 32.1. The number of aromatic nitrogens is 1. The number of benzene rings is 2. The van der Waals surface area contributed by atoms with Crippen molar-refractivity contribution in [1.29, 1.82) is 0 Å². The van der Waals surface area contributed by atoms with Crippen molar-refractivity contribution in [3.63, 3.8) is 0 Å². The summed E-state index contributed by atoms with van der Waals surface area (Å²) in [5.74, 6) is -0.0973. The lowest BCUT2D eigenvalue weighted by atomic mass is 10.1. The number of nitrogens with zero attached hydrogens (tertiary/aromatic N) is 1. The van der Waals surface area contributed by atoms with E-state index < -0.39 is 31.5 Å². The molecule has 3 aromatic rings. The van der Waals surface area contributed by atoms with Crippen LogP contribution in [0.4, 0.5) is 0 Å². The first-order valence-electron chi connectivity index (χ1n) is 11.8. The molecule has 0 bridgehead atoms. The Morgan fingerprint density at radius 1 is 0.838 bits per heavy atom. The molecule has 1 aromatic heterocycles. The highest BCUT2D eigenvalue weighted by molar-refractivity contribution is 7.72. The van der Waals surface area contributed by atoms with Crippen LogP contribution >= 0.6 is 26.5 Å². The van der Waals surface area contributed by atoms with Crippen molar-refractivity contribution in [2.75, 3.05) is 31.9 Å². The van der Waals surface area contributed by atoms with E-state index in [4.69, 9.17) is 18.1 Å². The zero-order chi connectivity index (χ0) is 27.2. The predicted molar refractivity (Wildman–Crippen MR) is 143 cm³/mol. The van der Waals surface area contributed by atoms with E-state index in [2.05, 4.69) is 5.43 Å². The fraction of sp³-hybridized carbons (Fsp3) is 0.435. The molecule has 3 N–H and O–H groups in total. The van der Waals surface area contributed by atoms with Gasteiger partial charge in [0.2, 0.25) is 0 Å². The van der Waals surface area contributed by atoms with Gasteiger partial charge >= 0.3 is 20.1 Å². The first-order valence-corrected chi connectivity index (χ1v) is 15.8. The van der Waals surface area contributed by atoms with Crippen LogP contribution in [-0.2, 0) is 27.2 Å². The zero-order valence-corrected chi connectivity index (χ0v) is 23.6. The van der Waals surface area contributed by atoms with Crippen LogP contribution in [0.15, 0.2) is 47.3 Å². The van der Waals surface area contributed by atoms with E-state index >= 15 is 0 Å². The van der Waals surface area contributed by atoms with Gasteiger partial charge in [0, 0.05) is 6.07 Å². The Kier molecular flexibility index (Phi) is 9.99. The molecule has 0 saturated heterocycles. The van der Waals surface area contributed by atoms with Crippen LogP contribution in [0.2, 0.25) is 0 Å². The summed E-state index contributed by atoms with van der Waals surface area (Å²) < 4.78 is 53.0. The first kappa shape index (κ1) is 29.4. The summed E-state index contributed by atoms with van der Waals surface area (Å²) in [6.07, 6.45) is 0. The van der Waals surface area contributed by atoms with Crippen LogP contribution in [0.25, 0.3) is 10.2 Å². The molecular weight excluding hydrogens is 542 g/mol. The molecule has 204 valence electrons. The second-order valence-corrected chi connectivity index (χ2v) is 13.4. The number of phenols is 2. The van der Waals surface area contributed by atoms with Gasteiger partial charge in [0.1, 0.15) is 11.5 Å². The maximum Gasteiger partial charge on any atom is 0.348 e. The van der Waals surface area contributed by atoms with Gasteiger partial charge in [0.05, 0.1) is 42.7 Å². The van der Waals surface area contributed by atoms with Crippen LogP contribution < -0.4 is 10.3 Å². The molecule has 2 aromatic carbocycles. The van der Waals surface area contributed by atoms with Gasteiger partial charge in [-0.25, -0.2) is 4.68 Å². The number of hydrogen-bond donors (Lipinski definition) is 3. The average Bonchev–Trinajstić information content (AvgIpc) is 3.14. The fourth-order valence-electron chi connectivity index (χ4n) is 3.90. The summed E-state index contributed by atoms with van der Waals surface area (Å²) in [5.41, 5.74) is 3.78. The number of hydrogen-bond acceptors (Lipinski definition) is 11. The second kappa shape index (κ2) is 12.6. The lowest BCUT2D eigenvalue weighted by Crippen LogP contribution is -2.36. The Labute approximate surface area is 219 Å². The molecule has 0 aliphatic rings. The normalized spacial score (nSPS) is 13.3. The van der Waals surface area contributed by atoms with Crippen LogP contribution in [0, 0.1) is 0 Å². The van der Waals surface area contributed by atoms with Crippen LogP contribution in [-0.4, -0.2) is 46.7 Å². The molecule has 1 heterocycles. The molecule has 0 spiro atoms. The number of fused-ring (bicyclic) bond motifs is 1. The Bertz CT molecular complexity index is 1290. The highest BCUT2D eigenvalue weighted by Crippen LogP contribution is 2.73. The van der Waals surface area contributed by atoms with Crippen molar-refractivity contribution in [3.05, 3.63) is 57.7 Å². The summed E-state index contributed by atoms with van der Waals surface area (Å²) in [5, 5.41) is 18.4. The Hall–Kier alpha value is -2.17. The highest BCUT2D eigenvalue weighted by Gasteiger charge is 2.56. The molecule has 0 fully saturated rings. The smallest absolute Gasteiger partial charge is 0.348 e. The van der Waals surface area contributed by atoms with Gasteiger partial charge < -0.3 is 33.7 Å². The van der Waals surface area contributed by atoms with Gasteiger partial charge in [-0.05, 0) is 57.5 Å². The second-order valence-electron chi connectivity index (χ2n) is 7.72. The van der Waals surface area contributed by atoms with E-state index in [-0.39, 0.29) is 37.9 Å². The number of aromatic hydroxyl groups is 2. The SMILES string of the molecule is CCOP(=O)(OCC)C(C(Nn1c(=O)sc2ccc(O)cc21)c1ccc(O)cc1)P(=O)(OCC)OCC. The third-order valence-corrected chi connectivity index (χ3v) is 12.2. The molecule has 37 heavy (non-hydrogen) atoms. The van der Waals surface area contributed by atoms with Crippen molar-refractivity contribution < 1.29 is 37.4 Å². The number of nitrogens with one attached hydrogen (secondary N) is 1. The molecular formula is C23H32N2O9P2S. The minimum atomic E-state index is -4.25. The maximum atomic E-state index is 14.3. The lowest BCUT2D eigenvalue weighted by molar-refractivity contribution is 0.191. The van der Waals surface area contributed by atoms with Crippen LogP contribution in [0.1, 0.15) is 39.3 Å². The van der Waals surface area contributed by atoms with Gasteiger partial charge in [-0.2, -0.15) is 0 Å². The molecule has 0 aliphatic carbocycles. The molecule has 14 heteroatoms. The quantitative estimate of drug-likeness (QED) is 0.208. The Balaban J connectivity index is 2.33. The number of thiazole rings is 1. The van der Waals surface area contributed by atoms with E-state index in [9.17, 15) is 24.1 Å². The lowest BCUT2D eigenvalue weighted by Gasteiger charge is -2.37. The van der Waals surface area contributed by atoms with Crippen molar-refractivity contribution in [1.82, 2.24) is 4.68 Å². The molecule has 0 saturated carbocycles. The zero-order valence-electron chi connectivity index (χ0n) is 21.0. The first-order chi connectivity index (χ1) is 17.6. The molecule has 11 nitrogen and oxygen atoms in total. The van der Waals surface area contributed by atoms with E-state index in [1.165, 1.54) is 41.1 Å². The monoisotopic (exact) mass is 574 g/mol. The maximum absolute atomic E-state index is 14.3. The fourth-order valence-corrected chi connectivity index (χ4v) is 10.3. The van der Waals surface area contributed by atoms with E-state index in [1.807, 2.05) is 0 Å². The van der Waals surface area contributed by atoms with E-state index in [0.717, 1.165) is 11.3 Å². The summed E-state index contributed by atoms with van der Waals surface area (Å²) in [7, 11) is -8.49. The molecule has 1 unspecified atom stereocenters. The number of rotatable bonds is 14. The summed E-state index contributed by atoms with van der Waals surface area (Å²) >= 11 is 0.926. The van der Waals surface area contributed by atoms with Crippen molar-refractivity contribution in [2.24, 2.45) is 0 Å². The molecule has 0 radical (unpaired) electrons. The molecule has 0 amide bonds. The summed E-state index contributed by atoms with van der Waals surface area (Å²) in [4.78, 5) is 12.6. The van der Waals surface area contributed by atoms with Gasteiger partial charge in [-0.3, -0.25) is 13.9 Å². The van der Waals surface area contributed by atoms with Gasteiger partial charge in [-0.15, -0.1) is 0 Å². The summed E-state index contributed by atoms with van der Waals surface area (Å²) in [6.45, 7) is 6.39. The van der Waals surface area contributed by atoms with Gasteiger partial charge in [0.15, 0.2) is 5.40 Å². The van der Waals surface area contributed by atoms with Crippen molar-refractivity contribution >= 4 is 36.7 Å². The van der Waals surface area contributed by atoms with Crippen molar-refractivity contribution in [3.8, 4) is 11.5 Å². The van der Waals surface area contributed by atoms with Crippen molar-refractivity contribution in [2.45, 2.75) is 39.1 Å². The van der Waals surface area contributed by atoms with Crippen LogP contribution in [0.5, 0.6) is 11.5 Å². The number of phenolic OH excluding ortho intramolecular Hbond substituents is 2. The largest absolute Gasteiger partial charge is 0.508 e. The molecule has 3 rings (SSSR count). The summed E-state index contributed by atoms with van der Waals surface area (Å²) in [6, 6.07) is 9.13. The van der Waals surface area contributed by atoms with E-state index in [0.29, 0.717) is 15.8 Å². The average molecular weight is 575 g/mol. The molecule has 1 atom stereocenters. The van der Waals surface area contributed by atoms with Gasteiger partial charge in [-0.1, -0.05) is 23.5 Å². The predicted octanol–water partition coefficient (Wildman–Crippen LogP) is 5.62. The standard InChI is InChI=1S/C23H32N2O9P2S/c1-5-31-35(29,32-6-2)22(36(30,33-7-3)34-8-4)21(16-9-11-17(26)12-10-16)24-25-19-15-18(27)13-14-20(19)37-23(25)28/h9-15,21-22,24,26-27H,5-8H2,1-4H3. The molecule has 0 aliphatic heterocycles. The Morgan fingerprint density at radius 3 is 1.81 bits per heavy atom. The minimum Gasteiger partial charge on any atom is -0.508 e. The minimum absolute atomic E-state index is 0.0243. The third-order valence-electron chi connectivity index (χ3n) is 5.27. The van der Waals surface area contributed by atoms with Gasteiger partial charge in [0.25, 0.3) is 0 Å². The van der Waals surface area contributed by atoms with Crippen LogP contribution in [0.3, 0.4) is 0 Å². The topological polar surface area (TPSA) is 146 Å². The Morgan fingerprint density at radius 2 is 1.32 bits per heavy atom.